The van der Waals surface area contributed by atoms with Crippen LogP contribution in [-0.4, -0.2) is 11.1 Å². The lowest BCUT2D eigenvalue weighted by molar-refractivity contribution is 0.0696. The molecule has 0 atom stereocenters. The maximum Gasteiger partial charge on any atom is 0.335 e. The second-order valence-corrected chi connectivity index (χ2v) is 4.49. The number of carboxylic acid groups (broad SMARTS) is 1. The molecule has 2 aromatic rings. The lowest BCUT2D eigenvalue weighted by Gasteiger charge is -2.06. The van der Waals surface area contributed by atoms with Crippen molar-refractivity contribution in [3.05, 3.63) is 58.4 Å². The number of hydrogen-bond acceptors (Lipinski definition) is 1. The van der Waals surface area contributed by atoms with Crippen LogP contribution in [0.5, 0.6) is 0 Å². The minimum Gasteiger partial charge on any atom is -0.478 e. The maximum atomic E-state index is 13.4. The summed E-state index contributed by atoms with van der Waals surface area (Å²) in [5.74, 6) is -1.74. The van der Waals surface area contributed by atoms with Gasteiger partial charge in [-0.15, -0.1) is 0 Å². The molecule has 0 aromatic heterocycles. The van der Waals surface area contributed by atoms with Crippen LogP contribution < -0.4 is 0 Å². The molecule has 1 N–H and O–H groups in total. The van der Waals surface area contributed by atoms with Crippen LogP contribution in [0.25, 0.3) is 11.1 Å². The molecule has 2 nitrogen and oxygen atoms in total. The van der Waals surface area contributed by atoms with Crippen LogP contribution >= 0.6 is 11.6 Å². The predicted molar refractivity (Wildman–Crippen MR) is 68.5 cm³/mol. The van der Waals surface area contributed by atoms with Gasteiger partial charge in [-0.05, 0) is 53.9 Å². The predicted octanol–water partition coefficient (Wildman–Crippen LogP) is 4.15. The molecular formula is C14H10ClFO2. The van der Waals surface area contributed by atoms with Crippen molar-refractivity contribution in [3.8, 4) is 11.1 Å². The zero-order valence-corrected chi connectivity index (χ0v) is 10.3. The fraction of sp³-hybridized carbons (Fsp3) is 0.0714. The third-order valence-electron chi connectivity index (χ3n) is 2.52. The van der Waals surface area contributed by atoms with Crippen molar-refractivity contribution in [1.82, 2.24) is 0 Å². The molecule has 2 rings (SSSR count). The fourth-order valence-electron chi connectivity index (χ4n) is 1.78. The van der Waals surface area contributed by atoms with Gasteiger partial charge in [0.05, 0.1) is 5.56 Å². The molecule has 0 radical (unpaired) electrons. The summed E-state index contributed by atoms with van der Waals surface area (Å²) in [5.41, 5.74) is 2.04. The topological polar surface area (TPSA) is 37.3 Å². The Labute approximate surface area is 109 Å². The number of hydrogen-bond donors (Lipinski definition) is 1. The van der Waals surface area contributed by atoms with Crippen molar-refractivity contribution >= 4 is 17.6 Å². The second-order valence-electron chi connectivity index (χ2n) is 4.05. The molecule has 0 aliphatic carbocycles. The minimum atomic E-state index is -1.16. The number of carboxylic acids is 1. The first kappa shape index (κ1) is 12.6. The summed E-state index contributed by atoms with van der Waals surface area (Å²) in [6.45, 7) is 1.87. The molecular weight excluding hydrogens is 255 g/mol. The van der Waals surface area contributed by atoms with E-state index in [-0.39, 0.29) is 5.56 Å². The highest BCUT2D eigenvalue weighted by atomic mass is 35.5. The van der Waals surface area contributed by atoms with Gasteiger partial charge >= 0.3 is 5.97 Å². The number of carbonyl (C=O) groups is 1. The van der Waals surface area contributed by atoms with E-state index in [1.165, 1.54) is 12.1 Å². The quantitative estimate of drug-likeness (QED) is 0.885. The molecule has 0 unspecified atom stereocenters. The SMILES string of the molecule is Cc1cc(Cl)cc(-c2cc(F)cc(C(=O)O)c2)c1. The Hall–Kier alpha value is -1.87. The molecule has 2 aromatic carbocycles. The molecule has 0 bridgehead atoms. The molecule has 92 valence electrons. The largest absolute Gasteiger partial charge is 0.478 e. The average Bonchev–Trinajstić information content (AvgIpc) is 2.26. The first-order valence-electron chi connectivity index (χ1n) is 5.27. The smallest absolute Gasteiger partial charge is 0.335 e. The van der Waals surface area contributed by atoms with Gasteiger partial charge in [0, 0.05) is 5.02 Å². The van der Waals surface area contributed by atoms with Crippen LogP contribution in [0.4, 0.5) is 4.39 Å². The lowest BCUT2D eigenvalue weighted by Crippen LogP contribution is -1.97. The van der Waals surface area contributed by atoms with E-state index in [1.54, 1.807) is 12.1 Å². The molecule has 0 saturated carbocycles. The van der Waals surface area contributed by atoms with Gasteiger partial charge in [0.15, 0.2) is 0 Å². The lowest BCUT2D eigenvalue weighted by atomic mass is 10.0. The summed E-state index contributed by atoms with van der Waals surface area (Å²) in [4.78, 5) is 10.9. The molecule has 0 amide bonds. The number of aromatic carboxylic acids is 1. The summed E-state index contributed by atoms with van der Waals surface area (Å²) < 4.78 is 13.4. The third kappa shape index (κ3) is 2.68. The van der Waals surface area contributed by atoms with Crippen LogP contribution in [0.3, 0.4) is 0 Å². The molecule has 4 heteroatoms. The number of aryl methyl sites for hydroxylation is 1. The summed E-state index contributed by atoms with van der Waals surface area (Å²) in [6, 6.07) is 8.99. The van der Waals surface area contributed by atoms with Gasteiger partial charge in [0.2, 0.25) is 0 Å². The van der Waals surface area contributed by atoms with Crippen LogP contribution in [0.2, 0.25) is 5.02 Å². The molecule has 0 spiro atoms. The highest BCUT2D eigenvalue weighted by molar-refractivity contribution is 6.31. The maximum absolute atomic E-state index is 13.4. The Bertz CT molecular complexity index is 603. The Morgan fingerprint density at radius 1 is 1.11 bits per heavy atom. The third-order valence-corrected chi connectivity index (χ3v) is 2.74. The summed E-state index contributed by atoms with van der Waals surface area (Å²) in [6.07, 6.45) is 0. The monoisotopic (exact) mass is 264 g/mol. The summed E-state index contributed by atoms with van der Waals surface area (Å²) in [5, 5.41) is 9.43. The van der Waals surface area contributed by atoms with Crippen molar-refractivity contribution < 1.29 is 14.3 Å². The molecule has 0 heterocycles. The normalized spacial score (nSPS) is 10.4. The van der Waals surface area contributed by atoms with E-state index >= 15 is 0 Å². The van der Waals surface area contributed by atoms with E-state index in [0.717, 1.165) is 11.6 Å². The van der Waals surface area contributed by atoms with Crippen molar-refractivity contribution in [2.45, 2.75) is 6.92 Å². The van der Waals surface area contributed by atoms with Crippen molar-refractivity contribution in [2.75, 3.05) is 0 Å². The van der Waals surface area contributed by atoms with Crippen LogP contribution in [0.15, 0.2) is 36.4 Å². The molecule has 0 fully saturated rings. The Balaban J connectivity index is 2.59. The van der Waals surface area contributed by atoms with Gasteiger partial charge in [-0.3, -0.25) is 0 Å². The zero-order chi connectivity index (χ0) is 13.3. The van der Waals surface area contributed by atoms with E-state index in [0.29, 0.717) is 16.1 Å². The summed E-state index contributed by atoms with van der Waals surface area (Å²) in [7, 11) is 0. The fourth-order valence-corrected chi connectivity index (χ4v) is 2.07. The van der Waals surface area contributed by atoms with Crippen LogP contribution in [0.1, 0.15) is 15.9 Å². The molecule has 18 heavy (non-hydrogen) atoms. The van der Waals surface area contributed by atoms with E-state index < -0.39 is 11.8 Å². The number of halogens is 2. The number of benzene rings is 2. The molecule has 0 saturated heterocycles. The average molecular weight is 265 g/mol. The summed E-state index contributed by atoms with van der Waals surface area (Å²) >= 11 is 5.93. The molecule has 0 aliphatic rings. The van der Waals surface area contributed by atoms with Gasteiger partial charge in [-0.2, -0.15) is 0 Å². The minimum absolute atomic E-state index is 0.0809. The van der Waals surface area contributed by atoms with Gasteiger partial charge < -0.3 is 5.11 Å². The Kier molecular flexibility index (Phi) is 3.34. The number of rotatable bonds is 2. The zero-order valence-electron chi connectivity index (χ0n) is 9.58. The van der Waals surface area contributed by atoms with Gasteiger partial charge in [-0.1, -0.05) is 17.7 Å². The highest BCUT2D eigenvalue weighted by Gasteiger charge is 2.09. The van der Waals surface area contributed by atoms with Crippen molar-refractivity contribution in [3.63, 3.8) is 0 Å². The first-order chi connectivity index (χ1) is 8.45. The van der Waals surface area contributed by atoms with Crippen LogP contribution in [0, 0.1) is 12.7 Å². The van der Waals surface area contributed by atoms with Gasteiger partial charge in [-0.25, -0.2) is 9.18 Å². The van der Waals surface area contributed by atoms with E-state index in [4.69, 9.17) is 16.7 Å². The van der Waals surface area contributed by atoms with Gasteiger partial charge in [0.1, 0.15) is 5.82 Å². The standard InChI is InChI=1S/C14H10ClFO2/c1-8-2-9(5-12(15)3-8)10-4-11(14(17)18)7-13(16)6-10/h2-7H,1H3,(H,17,18). The highest BCUT2D eigenvalue weighted by Crippen LogP contribution is 2.26. The Morgan fingerprint density at radius 2 is 1.78 bits per heavy atom. The van der Waals surface area contributed by atoms with E-state index in [2.05, 4.69) is 0 Å². The van der Waals surface area contributed by atoms with Crippen molar-refractivity contribution in [1.29, 1.82) is 0 Å². The van der Waals surface area contributed by atoms with E-state index in [1.807, 2.05) is 13.0 Å². The van der Waals surface area contributed by atoms with E-state index in [9.17, 15) is 9.18 Å². The van der Waals surface area contributed by atoms with Crippen molar-refractivity contribution in [2.24, 2.45) is 0 Å². The molecule has 0 aliphatic heterocycles. The Morgan fingerprint density at radius 3 is 2.39 bits per heavy atom. The van der Waals surface area contributed by atoms with Crippen LogP contribution in [-0.2, 0) is 0 Å². The first-order valence-corrected chi connectivity index (χ1v) is 5.65. The van der Waals surface area contributed by atoms with Gasteiger partial charge in [0.25, 0.3) is 0 Å². The second kappa shape index (κ2) is 4.78.